The number of piperazine rings is 1. The van der Waals surface area contributed by atoms with Crippen LogP contribution in [0.4, 0.5) is 0 Å². The van der Waals surface area contributed by atoms with Gasteiger partial charge in [-0.3, -0.25) is 9.59 Å². The zero-order valence-electron chi connectivity index (χ0n) is 22.9. The molecule has 2 amide bonds. The summed E-state index contributed by atoms with van der Waals surface area (Å²) in [5.41, 5.74) is 3.21. The van der Waals surface area contributed by atoms with E-state index in [4.69, 9.17) is 4.74 Å². The Bertz CT molecular complexity index is 1160. The second kappa shape index (κ2) is 12.9. The molecule has 3 atom stereocenters. The maximum Gasteiger partial charge on any atom is 0.223 e. The molecule has 2 aromatic rings. The average Bonchev–Trinajstić information content (AvgIpc) is 2.90. The Balaban J connectivity index is 1.43. The molecule has 6 nitrogen and oxygen atoms in total. The van der Waals surface area contributed by atoms with Gasteiger partial charge in [-0.1, -0.05) is 73.2 Å². The molecule has 3 unspecified atom stereocenters. The quantitative estimate of drug-likeness (QED) is 0.493. The van der Waals surface area contributed by atoms with Gasteiger partial charge in [-0.05, 0) is 49.5 Å². The van der Waals surface area contributed by atoms with Crippen LogP contribution in [-0.4, -0.2) is 55.0 Å². The number of nitrogens with one attached hydrogen (secondary N) is 2. The van der Waals surface area contributed by atoms with E-state index in [1.807, 2.05) is 24.3 Å². The minimum Gasteiger partial charge on any atom is -0.485 e. The topological polar surface area (TPSA) is 70.7 Å². The molecule has 1 aliphatic heterocycles. The molecule has 2 aromatic carbocycles. The second-order valence-corrected chi connectivity index (χ2v) is 10.8. The third kappa shape index (κ3) is 7.35. The second-order valence-electron chi connectivity index (χ2n) is 10.8. The van der Waals surface area contributed by atoms with Crippen LogP contribution in [0.3, 0.4) is 0 Å². The van der Waals surface area contributed by atoms with Crippen LogP contribution in [0.1, 0.15) is 43.4 Å². The van der Waals surface area contributed by atoms with Crippen LogP contribution in [0, 0.1) is 12.3 Å². The molecule has 0 bridgehead atoms. The van der Waals surface area contributed by atoms with Crippen molar-refractivity contribution in [2.75, 3.05) is 26.2 Å². The van der Waals surface area contributed by atoms with Gasteiger partial charge in [0.15, 0.2) is 0 Å². The van der Waals surface area contributed by atoms with Crippen LogP contribution in [0.25, 0.3) is 0 Å². The van der Waals surface area contributed by atoms with Gasteiger partial charge >= 0.3 is 0 Å². The fourth-order valence-corrected chi connectivity index (χ4v) is 5.36. The highest BCUT2D eigenvalue weighted by atomic mass is 16.5. The lowest BCUT2D eigenvalue weighted by Crippen LogP contribution is -2.54. The van der Waals surface area contributed by atoms with Crippen molar-refractivity contribution in [3.8, 4) is 5.75 Å². The third-order valence-electron chi connectivity index (χ3n) is 7.62. The van der Waals surface area contributed by atoms with Crippen LogP contribution in [0.5, 0.6) is 5.75 Å². The lowest BCUT2D eigenvalue weighted by Gasteiger charge is -2.37. The summed E-state index contributed by atoms with van der Waals surface area (Å²) in [4.78, 5) is 26.9. The van der Waals surface area contributed by atoms with Crippen molar-refractivity contribution in [2.24, 2.45) is 5.41 Å². The van der Waals surface area contributed by atoms with Gasteiger partial charge < -0.3 is 20.3 Å². The molecule has 0 radical (unpaired) electrons. The predicted octanol–water partition coefficient (Wildman–Crippen LogP) is 4.38. The first-order chi connectivity index (χ1) is 18.3. The van der Waals surface area contributed by atoms with Gasteiger partial charge in [-0.25, -0.2) is 0 Å². The molecule has 0 aromatic heterocycles. The number of benzene rings is 2. The Kier molecular flexibility index (Phi) is 9.40. The average molecular weight is 516 g/mol. The number of allylic oxidation sites excluding steroid dienone is 2. The van der Waals surface area contributed by atoms with Crippen LogP contribution >= 0.6 is 0 Å². The van der Waals surface area contributed by atoms with Crippen LogP contribution in [0.2, 0.25) is 0 Å². The van der Waals surface area contributed by atoms with Crippen LogP contribution < -0.4 is 15.4 Å². The van der Waals surface area contributed by atoms with Gasteiger partial charge in [-0.15, -0.1) is 0 Å². The van der Waals surface area contributed by atoms with E-state index < -0.39 is 0 Å². The highest BCUT2D eigenvalue weighted by Gasteiger charge is 2.34. The molecular weight excluding hydrogens is 474 g/mol. The molecule has 0 spiro atoms. The van der Waals surface area contributed by atoms with Crippen molar-refractivity contribution in [1.29, 1.82) is 0 Å². The Morgan fingerprint density at radius 2 is 1.97 bits per heavy atom. The van der Waals surface area contributed by atoms with Gasteiger partial charge in [0.1, 0.15) is 11.9 Å². The van der Waals surface area contributed by atoms with Crippen molar-refractivity contribution in [2.45, 2.75) is 58.6 Å². The minimum absolute atomic E-state index is 0.0256. The standard InChI is InChI=1S/C32H41N3O3/c1-24-12-14-29(38-30-11-7-8-16-32(30,3)17-18-34-25(2)36)27(21-24)13-15-31(37)35-20-19-33-23-28(35)22-26-9-5-4-6-10-26/h4-12,14,16,21,28,30,33H,13,15,17-20,22-23H2,1-3H3,(H,34,36). The molecule has 0 saturated carbocycles. The summed E-state index contributed by atoms with van der Waals surface area (Å²) in [6.07, 6.45) is 10.8. The maximum absolute atomic E-state index is 13.4. The van der Waals surface area contributed by atoms with E-state index >= 15 is 0 Å². The van der Waals surface area contributed by atoms with E-state index in [9.17, 15) is 9.59 Å². The zero-order chi connectivity index (χ0) is 27.0. The Morgan fingerprint density at radius 3 is 2.76 bits per heavy atom. The predicted molar refractivity (Wildman–Crippen MR) is 152 cm³/mol. The third-order valence-corrected chi connectivity index (χ3v) is 7.62. The first-order valence-electron chi connectivity index (χ1n) is 13.7. The molecule has 6 heteroatoms. The number of hydrogen-bond donors (Lipinski definition) is 2. The highest BCUT2D eigenvalue weighted by molar-refractivity contribution is 5.77. The summed E-state index contributed by atoms with van der Waals surface area (Å²) in [5, 5.41) is 6.36. The zero-order valence-corrected chi connectivity index (χ0v) is 22.9. The number of hydrogen-bond acceptors (Lipinski definition) is 4. The number of aryl methyl sites for hydroxylation is 2. The summed E-state index contributed by atoms with van der Waals surface area (Å²) in [5.74, 6) is 0.989. The molecule has 38 heavy (non-hydrogen) atoms. The minimum atomic E-state index is -0.249. The molecule has 202 valence electrons. The van der Waals surface area contributed by atoms with Gasteiger partial charge in [-0.2, -0.15) is 0 Å². The molecule has 2 N–H and O–H groups in total. The Morgan fingerprint density at radius 1 is 1.16 bits per heavy atom. The molecule has 2 aliphatic rings. The summed E-state index contributed by atoms with van der Waals surface area (Å²) >= 11 is 0. The molecular formula is C32H41N3O3. The van der Waals surface area contributed by atoms with E-state index in [1.165, 1.54) is 12.5 Å². The summed E-state index contributed by atoms with van der Waals surface area (Å²) < 4.78 is 6.61. The number of carbonyl (C=O) groups excluding carboxylic acids is 2. The van der Waals surface area contributed by atoms with Gasteiger partial charge in [0.05, 0.1) is 0 Å². The SMILES string of the molecule is CC(=O)NCCC1(C)C=CC=CC1Oc1ccc(C)cc1CCC(=O)N1CCNCC1Cc1ccccc1. The van der Waals surface area contributed by atoms with E-state index in [2.05, 4.69) is 77.9 Å². The number of amides is 2. The molecule has 1 aliphatic carbocycles. The van der Waals surface area contributed by atoms with Crippen LogP contribution in [-0.2, 0) is 22.4 Å². The van der Waals surface area contributed by atoms with E-state index in [-0.39, 0.29) is 29.4 Å². The fraction of sp³-hybridized carbons (Fsp3) is 0.438. The summed E-state index contributed by atoms with van der Waals surface area (Å²) in [7, 11) is 0. The first-order valence-corrected chi connectivity index (χ1v) is 13.7. The summed E-state index contributed by atoms with van der Waals surface area (Å²) in [6, 6.07) is 16.8. The van der Waals surface area contributed by atoms with Gasteiger partial charge in [0.25, 0.3) is 0 Å². The number of rotatable bonds is 10. The van der Waals surface area contributed by atoms with Crippen molar-refractivity contribution in [3.05, 3.63) is 89.5 Å². The number of ether oxygens (including phenoxy) is 1. The smallest absolute Gasteiger partial charge is 0.223 e. The van der Waals surface area contributed by atoms with Gasteiger partial charge in [0.2, 0.25) is 11.8 Å². The normalized spacial score (nSPS) is 22.8. The lowest BCUT2D eigenvalue weighted by molar-refractivity contribution is -0.134. The van der Waals surface area contributed by atoms with E-state index in [1.54, 1.807) is 0 Å². The highest BCUT2D eigenvalue weighted by Crippen LogP contribution is 2.35. The number of nitrogens with zero attached hydrogens (tertiary/aromatic N) is 1. The van der Waals surface area contributed by atoms with Gasteiger partial charge in [0, 0.05) is 51.0 Å². The Labute approximate surface area is 227 Å². The first kappa shape index (κ1) is 27.6. The van der Waals surface area contributed by atoms with Crippen molar-refractivity contribution < 1.29 is 14.3 Å². The van der Waals surface area contributed by atoms with Crippen LogP contribution in [0.15, 0.2) is 72.8 Å². The molecule has 1 heterocycles. The Hall–Kier alpha value is -3.38. The molecule has 4 rings (SSSR count). The van der Waals surface area contributed by atoms with Crippen molar-refractivity contribution >= 4 is 11.8 Å². The van der Waals surface area contributed by atoms with E-state index in [0.29, 0.717) is 19.4 Å². The monoisotopic (exact) mass is 515 g/mol. The number of carbonyl (C=O) groups is 2. The fourth-order valence-electron chi connectivity index (χ4n) is 5.36. The van der Waals surface area contributed by atoms with E-state index in [0.717, 1.165) is 49.4 Å². The lowest BCUT2D eigenvalue weighted by atomic mass is 9.78. The largest absolute Gasteiger partial charge is 0.485 e. The maximum atomic E-state index is 13.4. The summed E-state index contributed by atoms with van der Waals surface area (Å²) in [6.45, 7) is 8.74. The van der Waals surface area contributed by atoms with Crippen molar-refractivity contribution in [3.63, 3.8) is 0 Å². The molecule has 1 saturated heterocycles. The molecule has 1 fully saturated rings. The van der Waals surface area contributed by atoms with Crippen molar-refractivity contribution in [1.82, 2.24) is 15.5 Å².